The fourth-order valence-corrected chi connectivity index (χ4v) is 4.39. The SMILES string of the molecule is CC(C)(C)OC(=O)N1CCC(n2c(=O)n(CCS(C)(=O)=O)c3cc(Cl)ccc32)CC1. The van der Waals surface area contributed by atoms with Gasteiger partial charge in [-0.3, -0.25) is 9.13 Å². The van der Waals surface area contributed by atoms with E-state index in [-0.39, 0.29) is 30.1 Å². The smallest absolute Gasteiger partial charge is 0.410 e. The van der Waals surface area contributed by atoms with Crippen LogP contribution in [-0.2, 0) is 21.1 Å². The molecule has 1 aromatic heterocycles. The van der Waals surface area contributed by atoms with E-state index in [2.05, 4.69) is 0 Å². The summed E-state index contributed by atoms with van der Waals surface area (Å²) in [5.41, 5.74) is 0.517. The van der Waals surface area contributed by atoms with Gasteiger partial charge in [-0.1, -0.05) is 11.6 Å². The van der Waals surface area contributed by atoms with Crippen molar-refractivity contribution in [1.29, 1.82) is 0 Å². The molecule has 0 N–H and O–H groups in total. The van der Waals surface area contributed by atoms with Crippen LogP contribution in [0.15, 0.2) is 23.0 Å². The third-order valence-corrected chi connectivity index (χ3v) is 6.25. The molecule has 0 atom stereocenters. The minimum atomic E-state index is -3.23. The Morgan fingerprint density at radius 1 is 1.20 bits per heavy atom. The van der Waals surface area contributed by atoms with E-state index in [0.717, 1.165) is 6.26 Å². The molecule has 1 amide bonds. The van der Waals surface area contributed by atoms with Crippen LogP contribution in [0, 0.1) is 0 Å². The number of carbonyl (C=O) groups excluding carboxylic acids is 1. The lowest BCUT2D eigenvalue weighted by atomic mass is 10.0. The van der Waals surface area contributed by atoms with Gasteiger partial charge in [-0.15, -0.1) is 0 Å². The molecule has 1 saturated heterocycles. The van der Waals surface area contributed by atoms with E-state index in [1.165, 1.54) is 4.57 Å². The second-order valence-electron chi connectivity index (χ2n) is 8.77. The molecule has 0 bridgehead atoms. The van der Waals surface area contributed by atoms with Gasteiger partial charge in [-0.05, 0) is 51.8 Å². The van der Waals surface area contributed by atoms with Crippen molar-refractivity contribution in [2.24, 2.45) is 0 Å². The van der Waals surface area contributed by atoms with Gasteiger partial charge in [0, 0.05) is 37.0 Å². The number of piperidine rings is 1. The second kappa shape index (κ2) is 8.26. The molecule has 1 aliphatic rings. The summed E-state index contributed by atoms with van der Waals surface area (Å²) < 4.78 is 31.9. The Morgan fingerprint density at radius 2 is 1.83 bits per heavy atom. The molecule has 1 fully saturated rings. The summed E-state index contributed by atoms with van der Waals surface area (Å²) in [6.07, 6.45) is 2.01. The van der Waals surface area contributed by atoms with E-state index in [4.69, 9.17) is 16.3 Å². The molecule has 0 radical (unpaired) electrons. The van der Waals surface area contributed by atoms with Crippen LogP contribution in [0.4, 0.5) is 4.79 Å². The summed E-state index contributed by atoms with van der Waals surface area (Å²) in [4.78, 5) is 27.2. The van der Waals surface area contributed by atoms with Gasteiger partial charge in [-0.25, -0.2) is 18.0 Å². The van der Waals surface area contributed by atoms with Gasteiger partial charge in [0.05, 0.1) is 16.8 Å². The summed E-state index contributed by atoms with van der Waals surface area (Å²) in [7, 11) is -3.23. The summed E-state index contributed by atoms with van der Waals surface area (Å²) in [5.74, 6) is -0.129. The second-order valence-corrected chi connectivity index (χ2v) is 11.5. The number of amides is 1. The van der Waals surface area contributed by atoms with Crippen LogP contribution < -0.4 is 5.69 Å². The fraction of sp³-hybridized carbons (Fsp3) is 0.600. The van der Waals surface area contributed by atoms with E-state index >= 15 is 0 Å². The van der Waals surface area contributed by atoms with Crippen molar-refractivity contribution >= 4 is 38.6 Å². The van der Waals surface area contributed by atoms with E-state index < -0.39 is 15.4 Å². The van der Waals surface area contributed by atoms with Gasteiger partial charge < -0.3 is 9.64 Å². The van der Waals surface area contributed by atoms with Crippen LogP contribution >= 0.6 is 11.6 Å². The molecule has 0 aliphatic carbocycles. The number of rotatable bonds is 4. The summed E-state index contributed by atoms with van der Waals surface area (Å²) >= 11 is 6.13. The average Bonchev–Trinajstić information content (AvgIpc) is 2.88. The summed E-state index contributed by atoms with van der Waals surface area (Å²) in [6, 6.07) is 5.10. The highest BCUT2D eigenvalue weighted by atomic mass is 35.5. The fourth-order valence-electron chi connectivity index (χ4n) is 3.71. The first-order valence-electron chi connectivity index (χ1n) is 9.92. The first-order valence-corrected chi connectivity index (χ1v) is 12.4. The molecule has 2 aromatic rings. The van der Waals surface area contributed by atoms with E-state index in [1.807, 2.05) is 20.8 Å². The molecule has 8 nitrogen and oxygen atoms in total. The molecule has 166 valence electrons. The molecule has 1 aromatic carbocycles. The predicted octanol–water partition coefficient (Wildman–Crippen LogP) is 3.07. The van der Waals surface area contributed by atoms with Crippen molar-refractivity contribution in [2.45, 2.75) is 51.8 Å². The zero-order valence-corrected chi connectivity index (χ0v) is 19.3. The Labute approximate surface area is 181 Å². The summed E-state index contributed by atoms with van der Waals surface area (Å²) in [5, 5.41) is 0.479. The average molecular weight is 458 g/mol. The first-order chi connectivity index (χ1) is 13.9. The van der Waals surface area contributed by atoms with Crippen LogP contribution in [0.1, 0.15) is 39.7 Å². The predicted molar refractivity (Wildman–Crippen MR) is 117 cm³/mol. The zero-order chi connectivity index (χ0) is 22.3. The maximum atomic E-state index is 13.2. The number of fused-ring (bicyclic) bond motifs is 1. The third kappa shape index (κ3) is 5.18. The van der Waals surface area contributed by atoms with Gasteiger partial charge in [0.2, 0.25) is 0 Å². The first kappa shape index (κ1) is 22.7. The lowest BCUT2D eigenvalue weighted by molar-refractivity contribution is 0.0188. The normalized spacial score (nSPS) is 16.2. The number of aryl methyl sites for hydroxylation is 1. The number of likely N-dealkylation sites (tertiary alicyclic amines) is 1. The Balaban J connectivity index is 1.87. The highest BCUT2D eigenvalue weighted by Gasteiger charge is 2.29. The zero-order valence-electron chi connectivity index (χ0n) is 17.7. The third-order valence-electron chi connectivity index (χ3n) is 5.09. The minimum absolute atomic E-state index is 0.0677. The number of benzene rings is 1. The molecule has 0 spiro atoms. The van der Waals surface area contributed by atoms with Crippen molar-refractivity contribution in [3.63, 3.8) is 0 Å². The number of sulfone groups is 1. The van der Waals surface area contributed by atoms with Crippen LogP contribution in [-0.4, -0.2) is 59.2 Å². The van der Waals surface area contributed by atoms with E-state index in [1.54, 1.807) is 27.7 Å². The van der Waals surface area contributed by atoms with Crippen molar-refractivity contribution in [3.8, 4) is 0 Å². The highest BCUT2D eigenvalue weighted by molar-refractivity contribution is 7.90. The topological polar surface area (TPSA) is 90.6 Å². The lowest BCUT2D eigenvalue weighted by Gasteiger charge is -2.33. The Morgan fingerprint density at radius 3 is 2.40 bits per heavy atom. The molecule has 0 saturated carbocycles. The Hall–Kier alpha value is -2.00. The molecule has 10 heteroatoms. The quantitative estimate of drug-likeness (QED) is 0.703. The number of ether oxygens (including phenoxy) is 1. The molecular formula is C20H28ClN3O5S. The molecular weight excluding hydrogens is 430 g/mol. The maximum Gasteiger partial charge on any atom is 0.410 e. The molecule has 3 rings (SSSR count). The monoisotopic (exact) mass is 457 g/mol. The number of aromatic nitrogens is 2. The molecule has 30 heavy (non-hydrogen) atoms. The lowest BCUT2D eigenvalue weighted by Crippen LogP contribution is -2.43. The van der Waals surface area contributed by atoms with Crippen molar-refractivity contribution in [2.75, 3.05) is 25.1 Å². The Kier molecular flexibility index (Phi) is 6.25. The number of hydrogen-bond acceptors (Lipinski definition) is 5. The van der Waals surface area contributed by atoms with Gasteiger partial charge in [0.1, 0.15) is 15.4 Å². The number of nitrogens with zero attached hydrogens (tertiary/aromatic N) is 3. The molecule has 0 unspecified atom stereocenters. The number of hydrogen-bond donors (Lipinski definition) is 0. The standard InChI is InChI=1S/C20H28ClN3O5S/c1-20(2,3)29-19(26)22-9-7-15(8-10-22)24-16-6-5-14(21)13-17(16)23(18(24)25)11-12-30(4,27)28/h5-6,13,15H,7-12H2,1-4H3. The van der Waals surface area contributed by atoms with Gasteiger partial charge in [-0.2, -0.15) is 0 Å². The van der Waals surface area contributed by atoms with Gasteiger partial charge in [0.25, 0.3) is 0 Å². The van der Waals surface area contributed by atoms with Crippen LogP contribution in [0.3, 0.4) is 0 Å². The van der Waals surface area contributed by atoms with E-state index in [9.17, 15) is 18.0 Å². The number of carbonyl (C=O) groups is 1. The number of imidazole rings is 1. The number of halogens is 1. The van der Waals surface area contributed by atoms with E-state index in [0.29, 0.717) is 42.0 Å². The molecule has 2 heterocycles. The van der Waals surface area contributed by atoms with Gasteiger partial charge in [0.15, 0.2) is 0 Å². The highest BCUT2D eigenvalue weighted by Crippen LogP contribution is 2.28. The Bertz CT molecular complexity index is 1110. The van der Waals surface area contributed by atoms with Crippen molar-refractivity contribution in [3.05, 3.63) is 33.7 Å². The largest absolute Gasteiger partial charge is 0.444 e. The van der Waals surface area contributed by atoms with Crippen molar-refractivity contribution in [1.82, 2.24) is 14.0 Å². The van der Waals surface area contributed by atoms with Crippen LogP contribution in [0.5, 0.6) is 0 Å². The van der Waals surface area contributed by atoms with Gasteiger partial charge >= 0.3 is 11.8 Å². The molecule has 1 aliphatic heterocycles. The van der Waals surface area contributed by atoms with Crippen LogP contribution in [0.2, 0.25) is 5.02 Å². The summed E-state index contributed by atoms with van der Waals surface area (Å²) in [6.45, 7) is 6.51. The van der Waals surface area contributed by atoms with Crippen LogP contribution in [0.25, 0.3) is 11.0 Å². The van der Waals surface area contributed by atoms with Crippen molar-refractivity contribution < 1.29 is 17.9 Å². The minimum Gasteiger partial charge on any atom is -0.444 e. The maximum absolute atomic E-state index is 13.2.